The second-order valence-corrected chi connectivity index (χ2v) is 5.00. The number of hydrogen-bond acceptors (Lipinski definition) is 4. The van der Waals surface area contributed by atoms with Gasteiger partial charge in [0.1, 0.15) is 11.5 Å². The molecule has 0 saturated carbocycles. The fourth-order valence-corrected chi connectivity index (χ4v) is 2.06. The van der Waals surface area contributed by atoms with Gasteiger partial charge in [0.2, 0.25) is 0 Å². The molecule has 0 aliphatic carbocycles. The number of benzene rings is 2. The van der Waals surface area contributed by atoms with E-state index in [0.717, 1.165) is 12.0 Å². The van der Waals surface area contributed by atoms with Crippen molar-refractivity contribution in [2.24, 2.45) is 0 Å². The van der Waals surface area contributed by atoms with E-state index in [-0.39, 0.29) is 41.2 Å². The van der Waals surface area contributed by atoms with Gasteiger partial charge in [0, 0.05) is 5.56 Å². The summed E-state index contributed by atoms with van der Waals surface area (Å²) in [6, 6.07) is 13.0. The summed E-state index contributed by atoms with van der Waals surface area (Å²) in [6.07, 6.45) is 0.785. The van der Waals surface area contributed by atoms with Gasteiger partial charge in [0.15, 0.2) is 5.78 Å². The van der Waals surface area contributed by atoms with Gasteiger partial charge in [-0.3, -0.25) is 4.79 Å². The maximum atomic E-state index is 12.2. The van der Waals surface area contributed by atoms with Gasteiger partial charge < -0.3 is 21.0 Å². The van der Waals surface area contributed by atoms with E-state index in [2.05, 4.69) is 5.32 Å². The molecule has 126 valence electrons. The van der Waals surface area contributed by atoms with Crippen LogP contribution in [0.15, 0.2) is 48.5 Å². The lowest BCUT2D eigenvalue weighted by atomic mass is 10.0. The molecule has 0 radical (unpaired) electrons. The number of phenolic OH excluding ortho intramolecular Hbond substituents is 2. The fraction of sp³-hybridized carbons (Fsp3) is 0.235. The van der Waals surface area contributed by atoms with Crippen molar-refractivity contribution in [2.75, 3.05) is 6.54 Å². The van der Waals surface area contributed by atoms with E-state index in [9.17, 15) is 15.0 Å². The zero-order valence-electron chi connectivity index (χ0n) is 12.8. The van der Waals surface area contributed by atoms with Gasteiger partial charge in [0.05, 0.1) is 6.04 Å². The number of aromatic hydroxyl groups is 2. The molecular weight excluding hydrogens is 318 g/mol. The number of ketones is 1. The first-order chi connectivity index (χ1) is 10.1. The van der Waals surface area contributed by atoms with Gasteiger partial charge in [-0.25, -0.2) is 0 Å². The third-order valence-corrected chi connectivity index (χ3v) is 3.35. The number of phenols is 2. The zero-order valence-corrected chi connectivity index (χ0v) is 13.6. The van der Waals surface area contributed by atoms with Crippen molar-refractivity contribution in [3.8, 4) is 11.5 Å². The van der Waals surface area contributed by atoms with Crippen LogP contribution >= 0.6 is 12.4 Å². The summed E-state index contributed by atoms with van der Waals surface area (Å²) in [6.45, 7) is 2.50. The molecule has 6 heteroatoms. The summed E-state index contributed by atoms with van der Waals surface area (Å²) in [5.41, 5.74) is 1.68. The topological polar surface area (TPSA) is 101 Å². The molecule has 1 unspecified atom stereocenters. The molecule has 2 aromatic carbocycles. The average Bonchev–Trinajstić information content (AvgIpc) is 2.49. The number of rotatable bonds is 6. The van der Waals surface area contributed by atoms with Gasteiger partial charge in [-0.1, -0.05) is 12.1 Å². The molecule has 0 bridgehead atoms. The minimum atomic E-state index is -0.286. The lowest BCUT2D eigenvalue weighted by molar-refractivity contribution is 0.0951. The Kier molecular flexibility index (Phi) is 8.95. The highest BCUT2D eigenvalue weighted by Crippen LogP contribution is 2.12. The van der Waals surface area contributed by atoms with E-state index < -0.39 is 0 Å². The molecule has 5 N–H and O–H groups in total. The van der Waals surface area contributed by atoms with Crippen LogP contribution in [0.4, 0.5) is 0 Å². The molecule has 0 fully saturated rings. The van der Waals surface area contributed by atoms with Crippen molar-refractivity contribution in [3.63, 3.8) is 0 Å². The van der Waals surface area contributed by atoms with Gasteiger partial charge >= 0.3 is 0 Å². The quantitative estimate of drug-likeness (QED) is 0.701. The third kappa shape index (κ3) is 6.28. The summed E-state index contributed by atoms with van der Waals surface area (Å²) in [4.78, 5) is 12.2. The normalized spacial score (nSPS) is 11.0. The maximum Gasteiger partial charge on any atom is 0.179 e. The molecule has 0 spiro atoms. The van der Waals surface area contributed by atoms with Gasteiger partial charge in [0.25, 0.3) is 0 Å². The molecule has 23 heavy (non-hydrogen) atoms. The SMILES string of the molecule is CC(NCCc1ccc(O)cc1)C(=O)c1ccc(O)cc1.Cl.O. The molecule has 2 aromatic rings. The Hall–Kier alpha value is -2.08. The molecule has 0 aliphatic rings. The molecule has 2 rings (SSSR count). The van der Waals surface area contributed by atoms with Crippen LogP contribution in [-0.4, -0.2) is 34.1 Å². The minimum Gasteiger partial charge on any atom is -0.508 e. The Morgan fingerprint density at radius 3 is 2.00 bits per heavy atom. The summed E-state index contributed by atoms with van der Waals surface area (Å²) in [7, 11) is 0. The second-order valence-electron chi connectivity index (χ2n) is 5.00. The number of carbonyl (C=O) groups is 1. The molecule has 0 amide bonds. The predicted octanol–water partition coefficient (Wildman–Crippen LogP) is 2.10. The fourth-order valence-electron chi connectivity index (χ4n) is 2.06. The number of carbonyl (C=O) groups excluding carboxylic acids is 1. The Morgan fingerprint density at radius 2 is 1.48 bits per heavy atom. The Morgan fingerprint density at radius 1 is 1.00 bits per heavy atom. The van der Waals surface area contributed by atoms with Gasteiger partial charge in [-0.2, -0.15) is 0 Å². The molecule has 5 nitrogen and oxygen atoms in total. The zero-order chi connectivity index (χ0) is 15.2. The first-order valence-corrected chi connectivity index (χ1v) is 6.91. The van der Waals surface area contributed by atoms with Crippen LogP contribution in [0.5, 0.6) is 11.5 Å². The third-order valence-electron chi connectivity index (χ3n) is 3.35. The predicted molar refractivity (Wildman–Crippen MR) is 92.6 cm³/mol. The lowest BCUT2D eigenvalue weighted by Gasteiger charge is -2.13. The van der Waals surface area contributed by atoms with E-state index in [0.29, 0.717) is 12.1 Å². The molecule has 0 aromatic heterocycles. The monoisotopic (exact) mass is 339 g/mol. The lowest BCUT2D eigenvalue weighted by Crippen LogP contribution is -2.35. The molecule has 0 heterocycles. The van der Waals surface area contributed by atoms with Crippen molar-refractivity contribution >= 4 is 18.2 Å². The number of nitrogens with one attached hydrogen (secondary N) is 1. The van der Waals surface area contributed by atoms with E-state index in [1.54, 1.807) is 24.3 Å². The van der Waals surface area contributed by atoms with Crippen LogP contribution in [0.2, 0.25) is 0 Å². The second kappa shape index (κ2) is 9.84. The Balaban J connectivity index is 0.00000242. The van der Waals surface area contributed by atoms with Crippen LogP contribution in [0.3, 0.4) is 0 Å². The van der Waals surface area contributed by atoms with Crippen LogP contribution in [0.25, 0.3) is 0 Å². The van der Waals surface area contributed by atoms with Crippen LogP contribution in [0.1, 0.15) is 22.8 Å². The molecular formula is C17H22ClNO4. The minimum absolute atomic E-state index is 0. The summed E-state index contributed by atoms with van der Waals surface area (Å²) >= 11 is 0. The summed E-state index contributed by atoms with van der Waals surface area (Å²) < 4.78 is 0. The van der Waals surface area contributed by atoms with E-state index >= 15 is 0 Å². The largest absolute Gasteiger partial charge is 0.508 e. The number of hydrogen-bond donors (Lipinski definition) is 3. The van der Waals surface area contributed by atoms with Crippen molar-refractivity contribution in [3.05, 3.63) is 59.7 Å². The number of Topliss-reactive ketones (excluding diaryl/α,β-unsaturated/α-hetero) is 1. The Bertz CT molecular complexity index is 599. The first kappa shape index (κ1) is 20.9. The van der Waals surface area contributed by atoms with Crippen LogP contribution in [-0.2, 0) is 6.42 Å². The average molecular weight is 340 g/mol. The van der Waals surface area contributed by atoms with Gasteiger partial charge in [-0.05, 0) is 61.9 Å². The Labute approximate surface area is 141 Å². The molecule has 0 saturated heterocycles. The van der Waals surface area contributed by atoms with Gasteiger partial charge in [-0.15, -0.1) is 12.4 Å². The highest BCUT2D eigenvalue weighted by atomic mass is 35.5. The maximum absolute atomic E-state index is 12.2. The highest BCUT2D eigenvalue weighted by Gasteiger charge is 2.14. The van der Waals surface area contributed by atoms with Crippen molar-refractivity contribution < 1.29 is 20.5 Å². The summed E-state index contributed by atoms with van der Waals surface area (Å²) in [5, 5.41) is 21.6. The van der Waals surface area contributed by atoms with Crippen LogP contribution in [0, 0.1) is 0 Å². The van der Waals surface area contributed by atoms with E-state index in [1.165, 1.54) is 12.1 Å². The van der Waals surface area contributed by atoms with Crippen LogP contribution < -0.4 is 5.32 Å². The standard InChI is InChI=1S/C17H19NO3.ClH.H2O/c1-12(17(21)14-4-8-16(20)9-5-14)18-11-10-13-2-6-15(19)7-3-13;;/h2-9,12,18-20H,10-11H2,1H3;1H;1H2. The van der Waals surface area contributed by atoms with Crippen molar-refractivity contribution in [2.45, 2.75) is 19.4 Å². The summed E-state index contributed by atoms with van der Waals surface area (Å²) in [5.74, 6) is 0.405. The van der Waals surface area contributed by atoms with E-state index in [4.69, 9.17) is 0 Å². The molecule has 1 atom stereocenters. The molecule has 0 aliphatic heterocycles. The highest BCUT2D eigenvalue weighted by molar-refractivity contribution is 5.99. The van der Waals surface area contributed by atoms with Crippen molar-refractivity contribution in [1.82, 2.24) is 5.32 Å². The number of halogens is 1. The first-order valence-electron chi connectivity index (χ1n) is 6.91. The van der Waals surface area contributed by atoms with E-state index in [1.807, 2.05) is 19.1 Å². The van der Waals surface area contributed by atoms with Crippen molar-refractivity contribution in [1.29, 1.82) is 0 Å². The smallest absolute Gasteiger partial charge is 0.179 e.